The van der Waals surface area contributed by atoms with Gasteiger partial charge in [0.15, 0.2) is 9.76 Å². The lowest BCUT2D eigenvalue weighted by Crippen LogP contribution is -2.34. The molecule has 0 aromatic heterocycles. The molecule has 0 unspecified atom stereocenters. The van der Waals surface area contributed by atoms with Gasteiger partial charge in [0.1, 0.15) is 6.61 Å². The molecule has 0 atom stereocenters. The zero-order valence-electron chi connectivity index (χ0n) is 6.36. The molecule has 0 bridgehead atoms. The molecule has 0 radical (unpaired) electrons. The van der Waals surface area contributed by atoms with Crippen LogP contribution in [-0.4, -0.2) is 44.2 Å². The average Bonchev–Trinajstić information content (AvgIpc) is 1.85. The number of hydrogen-bond donors (Lipinski definition) is 4. The molecule has 0 amide bonds. The molecule has 0 aliphatic carbocycles. The van der Waals surface area contributed by atoms with Gasteiger partial charge in [-0.3, -0.25) is 0 Å². The summed E-state index contributed by atoms with van der Waals surface area (Å²) in [6.45, 7) is 0.197. The summed E-state index contributed by atoms with van der Waals surface area (Å²) in [6.07, 6.45) is 0.890. The van der Waals surface area contributed by atoms with Crippen molar-refractivity contribution in [2.24, 2.45) is 5.73 Å². The molecule has 0 heterocycles. The lowest BCUT2D eigenvalue weighted by molar-refractivity contribution is -0.322. The van der Waals surface area contributed by atoms with E-state index in [1.165, 1.54) is 0 Å². The van der Waals surface area contributed by atoms with E-state index in [1.807, 2.05) is 0 Å². The minimum Gasteiger partial charge on any atom is -0.416 e. The minimum absolute atomic E-state index is 0.427. The van der Waals surface area contributed by atoms with Crippen molar-refractivity contribution < 1.29 is 19.7 Å². The quantitative estimate of drug-likeness (QED) is 0.206. The van der Waals surface area contributed by atoms with E-state index in [1.54, 1.807) is 0 Å². The zero-order chi connectivity index (χ0) is 8.74. The fourth-order valence-corrected chi connectivity index (χ4v) is 1.67. The van der Waals surface area contributed by atoms with Crippen LogP contribution in [-0.2, 0) is 4.43 Å². The lowest BCUT2D eigenvalue weighted by atomic mass is 10.5. The second kappa shape index (κ2) is 5.64. The Balaban J connectivity index is 3.02. The molecular weight excluding hydrogens is 166 g/mol. The van der Waals surface area contributed by atoms with Crippen LogP contribution in [0.15, 0.2) is 0 Å². The van der Waals surface area contributed by atoms with Crippen LogP contribution in [0.4, 0.5) is 0 Å². The summed E-state index contributed by atoms with van der Waals surface area (Å²) in [5.74, 6) is -2.67. The molecule has 0 fully saturated rings. The molecule has 5 nitrogen and oxygen atoms in total. The molecule has 0 spiro atoms. The van der Waals surface area contributed by atoms with Crippen molar-refractivity contribution in [3.63, 3.8) is 0 Å². The van der Waals surface area contributed by atoms with Gasteiger partial charge in [-0.2, -0.15) is 0 Å². The Morgan fingerprint density at radius 3 is 2.45 bits per heavy atom. The topological polar surface area (TPSA) is 95.9 Å². The molecule has 11 heavy (non-hydrogen) atoms. The van der Waals surface area contributed by atoms with Crippen LogP contribution in [0.25, 0.3) is 0 Å². The van der Waals surface area contributed by atoms with Gasteiger partial charge >= 0.3 is 0 Å². The van der Waals surface area contributed by atoms with Crippen LogP contribution in [0.3, 0.4) is 0 Å². The molecule has 0 aromatic carbocycles. The van der Waals surface area contributed by atoms with Crippen LogP contribution in [0, 0.1) is 0 Å². The van der Waals surface area contributed by atoms with Gasteiger partial charge in [0.2, 0.25) is 0 Å². The Hall–Kier alpha value is 0.0169. The molecule has 0 saturated heterocycles. The molecule has 68 valence electrons. The summed E-state index contributed by atoms with van der Waals surface area (Å²) in [7, 11) is -0.739. The minimum atomic E-state index is -2.67. The van der Waals surface area contributed by atoms with Crippen molar-refractivity contribution in [3.8, 4) is 0 Å². The predicted octanol–water partition coefficient (Wildman–Crippen LogP) is -2.52. The Kier molecular flexibility index (Phi) is 5.65. The summed E-state index contributed by atoms with van der Waals surface area (Å²) < 4.78 is 4.83. The number of rotatable bonds is 6. The van der Waals surface area contributed by atoms with Gasteiger partial charge in [-0.15, -0.1) is 0 Å². The summed E-state index contributed by atoms with van der Waals surface area (Å²) in [5, 5.41) is 25.1. The molecular formula is C5H15NO4Si. The van der Waals surface area contributed by atoms with Crippen LogP contribution in [0.5, 0.6) is 0 Å². The van der Waals surface area contributed by atoms with E-state index < -0.39 is 22.3 Å². The predicted molar refractivity (Wildman–Crippen MR) is 42.4 cm³/mol. The third-order valence-corrected chi connectivity index (χ3v) is 2.32. The first-order valence-corrected chi connectivity index (χ1v) is 5.09. The lowest BCUT2D eigenvalue weighted by Gasteiger charge is -2.13. The molecule has 0 aliphatic heterocycles. The zero-order valence-corrected chi connectivity index (χ0v) is 7.78. The first-order valence-electron chi connectivity index (χ1n) is 3.51. The third-order valence-electron chi connectivity index (χ3n) is 1.04. The van der Waals surface area contributed by atoms with Crippen molar-refractivity contribution in [2.75, 3.05) is 13.2 Å². The highest BCUT2D eigenvalue weighted by molar-refractivity contribution is 6.26. The monoisotopic (exact) mass is 181 g/mol. The van der Waals surface area contributed by atoms with E-state index in [0.717, 1.165) is 12.5 Å². The maximum atomic E-state index is 8.36. The van der Waals surface area contributed by atoms with E-state index in [4.69, 9.17) is 25.5 Å². The highest BCUT2D eigenvalue weighted by Crippen LogP contribution is 1.94. The molecule has 5 N–H and O–H groups in total. The third kappa shape index (κ3) is 10.0. The highest BCUT2D eigenvalue weighted by atomic mass is 28.2. The van der Waals surface area contributed by atoms with Crippen molar-refractivity contribution >= 4 is 9.76 Å². The van der Waals surface area contributed by atoms with Gasteiger partial charge in [-0.05, 0) is 19.0 Å². The van der Waals surface area contributed by atoms with Gasteiger partial charge in [0, 0.05) is 0 Å². The standard InChI is InChI=1S/C5H15NO4Si/c6-2-1-3-11-10-4-5(7,8)9/h7-9H,1-4,6,11H2. The van der Waals surface area contributed by atoms with Crippen LogP contribution >= 0.6 is 0 Å². The van der Waals surface area contributed by atoms with Gasteiger partial charge in [-0.25, -0.2) is 0 Å². The summed E-state index contributed by atoms with van der Waals surface area (Å²) >= 11 is 0. The maximum Gasteiger partial charge on any atom is 0.298 e. The number of hydrogen-bond acceptors (Lipinski definition) is 5. The normalized spacial score (nSPS) is 13.1. The first kappa shape index (κ1) is 11.0. The Morgan fingerprint density at radius 1 is 1.36 bits per heavy atom. The summed E-state index contributed by atoms with van der Waals surface area (Å²) in [5.41, 5.74) is 5.22. The Morgan fingerprint density at radius 2 is 2.00 bits per heavy atom. The van der Waals surface area contributed by atoms with E-state index >= 15 is 0 Å². The van der Waals surface area contributed by atoms with E-state index in [2.05, 4.69) is 0 Å². The average molecular weight is 181 g/mol. The molecule has 0 aromatic rings. The highest BCUT2D eigenvalue weighted by Gasteiger charge is 2.16. The van der Waals surface area contributed by atoms with Crippen LogP contribution < -0.4 is 5.73 Å². The number of aliphatic hydroxyl groups is 3. The second-order valence-electron chi connectivity index (χ2n) is 2.32. The fourth-order valence-electron chi connectivity index (χ4n) is 0.558. The van der Waals surface area contributed by atoms with Gasteiger partial charge in [0.05, 0.1) is 0 Å². The van der Waals surface area contributed by atoms with E-state index in [9.17, 15) is 0 Å². The maximum absolute atomic E-state index is 8.36. The Bertz CT molecular complexity index is 95.0. The SMILES string of the molecule is NCCC[SiH2]OCC(O)(O)O. The van der Waals surface area contributed by atoms with Crippen molar-refractivity contribution in [1.82, 2.24) is 0 Å². The first-order chi connectivity index (χ1) is 5.06. The van der Waals surface area contributed by atoms with Gasteiger partial charge in [-0.1, -0.05) is 0 Å². The molecule has 0 aliphatic rings. The summed E-state index contributed by atoms with van der Waals surface area (Å²) in [6, 6.07) is 0.895. The van der Waals surface area contributed by atoms with Crippen molar-refractivity contribution in [3.05, 3.63) is 0 Å². The smallest absolute Gasteiger partial charge is 0.298 e. The van der Waals surface area contributed by atoms with Crippen LogP contribution in [0.1, 0.15) is 6.42 Å². The van der Waals surface area contributed by atoms with Gasteiger partial charge < -0.3 is 25.5 Å². The van der Waals surface area contributed by atoms with Crippen molar-refractivity contribution in [2.45, 2.75) is 18.4 Å². The second-order valence-corrected chi connectivity index (χ2v) is 3.85. The number of nitrogens with two attached hydrogens (primary N) is 1. The molecule has 0 saturated carbocycles. The van der Waals surface area contributed by atoms with Crippen molar-refractivity contribution in [1.29, 1.82) is 0 Å². The molecule has 0 rings (SSSR count). The largest absolute Gasteiger partial charge is 0.416 e. The molecule has 6 heteroatoms. The van der Waals surface area contributed by atoms with Gasteiger partial charge in [0.25, 0.3) is 5.97 Å². The van der Waals surface area contributed by atoms with Crippen LogP contribution in [0.2, 0.25) is 6.04 Å². The fraction of sp³-hybridized carbons (Fsp3) is 1.00. The summed E-state index contributed by atoms with van der Waals surface area (Å²) in [4.78, 5) is 0. The Labute approximate surface area is 67.7 Å². The van der Waals surface area contributed by atoms with E-state index in [0.29, 0.717) is 6.54 Å². The van der Waals surface area contributed by atoms with E-state index in [-0.39, 0.29) is 0 Å².